The second kappa shape index (κ2) is 5.69. The molecular weight excluding hydrogens is 282 g/mol. The summed E-state index contributed by atoms with van der Waals surface area (Å²) in [6.07, 6.45) is 3.49. The SMILES string of the molecule is Cc1csc2c(=O)n(CCCc3ccc(N)cc3)cnc12. The van der Waals surface area contributed by atoms with E-state index < -0.39 is 0 Å². The van der Waals surface area contributed by atoms with Crippen LogP contribution in [0.25, 0.3) is 10.2 Å². The Hall–Kier alpha value is -2.14. The minimum Gasteiger partial charge on any atom is -0.399 e. The van der Waals surface area contributed by atoms with Gasteiger partial charge in [-0.05, 0) is 48.4 Å². The zero-order valence-corrected chi connectivity index (χ0v) is 12.7. The summed E-state index contributed by atoms with van der Waals surface area (Å²) in [6, 6.07) is 7.87. The van der Waals surface area contributed by atoms with Crippen molar-refractivity contribution in [2.75, 3.05) is 5.73 Å². The lowest BCUT2D eigenvalue weighted by Gasteiger charge is -2.06. The molecule has 0 bridgehead atoms. The number of nitrogen functional groups attached to an aromatic ring is 1. The van der Waals surface area contributed by atoms with Gasteiger partial charge in [-0.15, -0.1) is 11.3 Å². The summed E-state index contributed by atoms with van der Waals surface area (Å²) < 4.78 is 2.46. The number of aromatic nitrogens is 2. The van der Waals surface area contributed by atoms with E-state index in [1.165, 1.54) is 16.9 Å². The molecule has 2 N–H and O–H groups in total. The lowest BCUT2D eigenvalue weighted by molar-refractivity contribution is 0.618. The maximum Gasteiger partial charge on any atom is 0.271 e. The van der Waals surface area contributed by atoms with Crippen molar-refractivity contribution in [3.63, 3.8) is 0 Å². The van der Waals surface area contributed by atoms with Crippen molar-refractivity contribution in [1.82, 2.24) is 9.55 Å². The molecule has 108 valence electrons. The Balaban J connectivity index is 1.72. The molecule has 3 aromatic rings. The Morgan fingerprint density at radius 2 is 2.05 bits per heavy atom. The van der Waals surface area contributed by atoms with Crippen LogP contribution >= 0.6 is 11.3 Å². The molecule has 4 nitrogen and oxygen atoms in total. The Labute approximate surface area is 126 Å². The van der Waals surface area contributed by atoms with Gasteiger partial charge in [0.15, 0.2) is 0 Å². The molecule has 0 aliphatic rings. The minimum atomic E-state index is 0.0652. The molecule has 0 aliphatic carbocycles. The summed E-state index contributed by atoms with van der Waals surface area (Å²) in [5, 5.41) is 1.98. The van der Waals surface area contributed by atoms with E-state index in [1.54, 1.807) is 10.9 Å². The molecule has 1 aromatic carbocycles. The molecule has 0 atom stereocenters. The molecule has 0 unspecified atom stereocenters. The van der Waals surface area contributed by atoms with Crippen molar-refractivity contribution in [3.05, 3.63) is 57.5 Å². The van der Waals surface area contributed by atoms with Gasteiger partial charge in [-0.2, -0.15) is 0 Å². The smallest absolute Gasteiger partial charge is 0.271 e. The quantitative estimate of drug-likeness (QED) is 0.753. The molecule has 2 aromatic heterocycles. The van der Waals surface area contributed by atoms with Gasteiger partial charge in [-0.3, -0.25) is 9.36 Å². The third-order valence-corrected chi connectivity index (χ3v) is 4.64. The standard InChI is InChI=1S/C16H17N3OS/c1-11-9-21-15-14(11)18-10-19(16(15)20)8-2-3-12-4-6-13(17)7-5-12/h4-7,9-10H,2-3,8,17H2,1H3. The highest BCUT2D eigenvalue weighted by Crippen LogP contribution is 2.19. The van der Waals surface area contributed by atoms with Crippen LogP contribution in [-0.4, -0.2) is 9.55 Å². The topological polar surface area (TPSA) is 60.9 Å². The van der Waals surface area contributed by atoms with Gasteiger partial charge in [0.1, 0.15) is 4.70 Å². The van der Waals surface area contributed by atoms with E-state index >= 15 is 0 Å². The third-order valence-electron chi connectivity index (χ3n) is 3.57. The van der Waals surface area contributed by atoms with E-state index in [1.807, 2.05) is 36.6 Å². The van der Waals surface area contributed by atoms with Crippen molar-refractivity contribution in [2.24, 2.45) is 0 Å². The monoisotopic (exact) mass is 299 g/mol. The summed E-state index contributed by atoms with van der Waals surface area (Å²) in [7, 11) is 0. The molecule has 21 heavy (non-hydrogen) atoms. The first-order valence-electron chi connectivity index (χ1n) is 6.93. The Morgan fingerprint density at radius 3 is 2.81 bits per heavy atom. The number of hydrogen-bond acceptors (Lipinski definition) is 4. The van der Waals surface area contributed by atoms with Gasteiger partial charge in [-0.1, -0.05) is 12.1 Å². The van der Waals surface area contributed by atoms with Crippen molar-refractivity contribution in [1.29, 1.82) is 0 Å². The van der Waals surface area contributed by atoms with Crippen molar-refractivity contribution < 1.29 is 0 Å². The average molecular weight is 299 g/mol. The van der Waals surface area contributed by atoms with Crippen LogP contribution in [0, 0.1) is 6.92 Å². The number of thiophene rings is 1. The molecule has 0 aliphatic heterocycles. The van der Waals surface area contributed by atoms with E-state index in [0.29, 0.717) is 6.54 Å². The molecule has 0 spiro atoms. The second-order valence-electron chi connectivity index (χ2n) is 5.18. The number of hydrogen-bond donors (Lipinski definition) is 1. The maximum absolute atomic E-state index is 12.3. The summed E-state index contributed by atoms with van der Waals surface area (Å²) in [5.74, 6) is 0. The highest BCUT2D eigenvalue weighted by Gasteiger charge is 2.08. The molecule has 0 amide bonds. The van der Waals surface area contributed by atoms with Gasteiger partial charge < -0.3 is 5.73 Å². The van der Waals surface area contributed by atoms with E-state index in [-0.39, 0.29) is 5.56 Å². The first-order valence-corrected chi connectivity index (χ1v) is 7.81. The minimum absolute atomic E-state index is 0.0652. The predicted molar refractivity (Wildman–Crippen MR) is 87.8 cm³/mol. The molecule has 0 fully saturated rings. The van der Waals surface area contributed by atoms with E-state index in [4.69, 9.17) is 5.73 Å². The fourth-order valence-corrected chi connectivity index (χ4v) is 3.31. The van der Waals surface area contributed by atoms with Crippen LogP contribution in [0.5, 0.6) is 0 Å². The van der Waals surface area contributed by atoms with E-state index in [9.17, 15) is 4.79 Å². The fourth-order valence-electron chi connectivity index (χ4n) is 2.36. The Morgan fingerprint density at radius 1 is 1.29 bits per heavy atom. The first kappa shape index (κ1) is 13.8. The molecule has 0 saturated carbocycles. The van der Waals surface area contributed by atoms with Crippen molar-refractivity contribution in [3.8, 4) is 0 Å². The number of rotatable bonds is 4. The third kappa shape index (κ3) is 2.83. The van der Waals surface area contributed by atoms with Crippen LogP contribution in [0.15, 0.2) is 40.8 Å². The van der Waals surface area contributed by atoms with Crippen LogP contribution in [-0.2, 0) is 13.0 Å². The van der Waals surface area contributed by atoms with Gasteiger partial charge in [0.05, 0.1) is 11.8 Å². The summed E-state index contributed by atoms with van der Waals surface area (Å²) >= 11 is 1.48. The molecular formula is C16H17N3OS. The number of fused-ring (bicyclic) bond motifs is 1. The highest BCUT2D eigenvalue weighted by atomic mass is 32.1. The molecule has 3 rings (SSSR count). The number of aryl methyl sites for hydroxylation is 3. The lowest BCUT2D eigenvalue weighted by atomic mass is 10.1. The van der Waals surface area contributed by atoms with Crippen LogP contribution in [0.1, 0.15) is 17.5 Å². The van der Waals surface area contributed by atoms with Crippen LogP contribution in [0.3, 0.4) is 0 Å². The van der Waals surface area contributed by atoms with Crippen molar-refractivity contribution in [2.45, 2.75) is 26.3 Å². The van der Waals surface area contributed by atoms with Crippen LogP contribution in [0.2, 0.25) is 0 Å². The molecule has 2 heterocycles. The molecule has 0 radical (unpaired) electrons. The summed E-state index contributed by atoms with van der Waals surface area (Å²) in [6.45, 7) is 2.67. The number of anilines is 1. The number of nitrogens with zero attached hydrogens (tertiary/aromatic N) is 2. The van der Waals surface area contributed by atoms with Gasteiger partial charge in [0.25, 0.3) is 5.56 Å². The van der Waals surface area contributed by atoms with Crippen LogP contribution in [0.4, 0.5) is 5.69 Å². The average Bonchev–Trinajstić information content (AvgIpc) is 2.86. The largest absolute Gasteiger partial charge is 0.399 e. The maximum atomic E-state index is 12.3. The van der Waals surface area contributed by atoms with Gasteiger partial charge in [-0.25, -0.2) is 4.98 Å². The molecule has 5 heteroatoms. The van der Waals surface area contributed by atoms with Crippen LogP contribution < -0.4 is 11.3 Å². The lowest BCUT2D eigenvalue weighted by Crippen LogP contribution is -2.20. The second-order valence-corrected chi connectivity index (χ2v) is 6.06. The zero-order valence-electron chi connectivity index (χ0n) is 11.9. The highest BCUT2D eigenvalue weighted by molar-refractivity contribution is 7.17. The predicted octanol–water partition coefficient (Wildman–Crippen LogP) is 2.98. The van der Waals surface area contributed by atoms with Gasteiger partial charge in [0, 0.05) is 12.2 Å². The summed E-state index contributed by atoms with van der Waals surface area (Å²) in [5.41, 5.74) is 9.65. The first-order chi connectivity index (χ1) is 10.1. The Kier molecular flexibility index (Phi) is 3.75. The van der Waals surface area contributed by atoms with Gasteiger partial charge >= 0.3 is 0 Å². The van der Waals surface area contributed by atoms with Gasteiger partial charge in [0.2, 0.25) is 0 Å². The van der Waals surface area contributed by atoms with Crippen molar-refractivity contribution >= 4 is 27.2 Å². The normalized spacial score (nSPS) is 11.1. The molecule has 0 saturated heterocycles. The van der Waals surface area contributed by atoms with E-state index in [0.717, 1.165) is 34.3 Å². The van der Waals surface area contributed by atoms with E-state index in [2.05, 4.69) is 4.98 Å². The Bertz CT molecular complexity index is 818. The fraction of sp³-hybridized carbons (Fsp3) is 0.250. The number of benzene rings is 1. The summed E-state index contributed by atoms with van der Waals surface area (Å²) in [4.78, 5) is 16.7. The zero-order chi connectivity index (χ0) is 14.8. The number of nitrogens with two attached hydrogens (primary N) is 1.